The average Bonchev–Trinajstić information content (AvgIpc) is 2.77. The minimum absolute atomic E-state index is 0.492. The first-order valence-corrected chi connectivity index (χ1v) is 7.59. The van der Waals surface area contributed by atoms with Crippen molar-refractivity contribution in [2.24, 2.45) is 5.73 Å². The molecule has 1 unspecified atom stereocenters. The maximum Gasteiger partial charge on any atom is 0.149 e. The largest absolute Gasteiger partial charge is 0.363 e. The Morgan fingerprint density at radius 3 is 2.90 bits per heavy atom. The van der Waals surface area contributed by atoms with Gasteiger partial charge in [0.1, 0.15) is 11.0 Å². The highest BCUT2D eigenvalue weighted by Gasteiger charge is 2.28. The molecule has 1 aliphatic heterocycles. The molecular formula is C16H19ClN4. The van der Waals surface area contributed by atoms with Crippen LogP contribution in [0.1, 0.15) is 29.4 Å². The fraction of sp³-hybridized carbons (Fsp3) is 0.375. The molecule has 2 aromatic rings. The molecule has 0 spiro atoms. The van der Waals surface area contributed by atoms with E-state index in [9.17, 15) is 0 Å². The van der Waals surface area contributed by atoms with E-state index < -0.39 is 0 Å². The number of nitrogens with zero attached hydrogens (tertiary/aromatic N) is 3. The smallest absolute Gasteiger partial charge is 0.149 e. The fourth-order valence-corrected chi connectivity index (χ4v) is 3.27. The number of benzene rings is 1. The van der Waals surface area contributed by atoms with Gasteiger partial charge >= 0.3 is 0 Å². The zero-order valence-electron chi connectivity index (χ0n) is 12.1. The normalized spacial score (nSPS) is 17.1. The Morgan fingerprint density at radius 2 is 2.14 bits per heavy atom. The van der Waals surface area contributed by atoms with Crippen molar-refractivity contribution in [1.82, 2.24) is 9.97 Å². The van der Waals surface area contributed by atoms with Gasteiger partial charge in [0.15, 0.2) is 0 Å². The summed E-state index contributed by atoms with van der Waals surface area (Å²) in [5.74, 6) is 1.26. The monoisotopic (exact) mass is 302 g/mol. The Bertz CT molecular complexity index is 624. The van der Waals surface area contributed by atoms with Crippen molar-refractivity contribution in [1.29, 1.82) is 0 Å². The molecule has 5 heteroatoms. The Morgan fingerprint density at radius 1 is 1.33 bits per heavy atom. The lowest BCUT2D eigenvalue weighted by molar-refractivity contribution is 0.637. The van der Waals surface area contributed by atoms with E-state index in [4.69, 9.17) is 17.3 Å². The van der Waals surface area contributed by atoms with Gasteiger partial charge in [-0.2, -0.15) is 0 Å². The maximum atomic E-state index is 6.03. The van der Waals surface area contributed by atoms with Crippen LogP contribution in [-0.2, 0) is 6.54 Å². The van der Waals surface area contributed by atoms with Crippen LogP contribution in [0.3, 0.4) is 0 Å². The van der Waals surface area contributed by atoms with E-state index in [0.717, 1.165) is 24.5 Å². The zero-order chi connectivity index (χ0) is 14.8. The van der Waals surface area contributed by atoms with Crippen LogP contribution in [0.15, 0.2) is 30.3 Å². The highest BCUT2D eigenvalue weighted by molar-refractivity contribution is 6.29. The van der Waals surface area contributed by atoms with Gasteiger partial charge in [-0.15, -0.1) is 0 Å². The molecule has 0 saturated heterocycles. The first kappa shape index (κ1) is 14.3. The molecule has 3 rings (SSSR count). The lowest BCUT2D eigenvalue weighted by atomic mass is 9.98. The van der Waals surface area contributed by atoms with Crippen molar-refractivity contribution in [2.45, 2.75) is 25.8 Å². The molecule has 0 saturated carbocycles. The lowest BCUT2D eigenvalue weighted by Gasteiger charge is -2.19. The summed E-state index contributed by atoms with van der Waals surface area (Å²) in [5.41, 5.74) is 9.28. The van der Waals surface area contributed by atoms with Gasteiger partial charge in [0.2, 0.25) is 0 Å². The van der Waals surface area contributed by atoms with E-state index in [2.05, 4.69) is 39.1 Å². The third-order valence-corrected chi connectivity index (χ3v) is 4.07. The highest BCUT2D eigenvalue weighted by atomic mass is 35.5. The number of fused-ring (bicyclic) bond motifs is 1. The molecule has 0 aliphatic carbocycles. The topological polar surface area (TPSA) is 55.0 Å². The Balaban J connectivity index is 1.86. The van der Waals surface area contributed by atoms with Crippen LogP contribution in [0.2, 0.25) is 5.15 Å². The standard InChI is InChI=1S/C16H19ClN4/c1-11-8-15(17)20-16(19-11)10-21-9-12(6-7-18)13-4-2-3-5-14(13)21/h2-5,8,12H,6-7,9-10,18H2,1H3. The molecule has 21 heavy (non-hydrogen) atoms. The van der Waals surface area contributed by atoms with Crippen LogP contribution in [0.5, 0.6) is 0 Å². The summed E-state index contributed by atoms with van der Waals surface area (Å²) in [6.07, 6.45) is 1.00. The molecule has 2 heterocycles. The summed E-state index contributed by atoms with van der Waals surface area (Å²) in [6.45, 7) is 4.29. The van der Waals surface area contributed by atoms with Crippen LogP contribution in [0.4, 0.5) is 5.69 Å². The summed E-state index contributed by atoms with van der Waals surface area (Å²) in [4.78, 5) is 11.1. The third kappa shape index (κ3) is 3.01. The van der Waals surface area contributed by atoms with Gasteiger partial charge in [0.25, 0.3) is 0 Å². The lowest BCUT2D eigenvalue weighted by Crippen LogP contribution is -2.23. The second-order valence-corrected chi connectivity index (χ2v) is 5.85. The number of aryl methyl sites for hydroxylation is 1. The predicted octanol–water partition coefficient (Wildman–Crippen LogP) is 2.89. The number of para-hydroxylation sites is 1. The van der Waals surface area contributed by atoms with Crippen LogP contribution >= 0.6 is 11.6 Å². The van der Waals surface area contributed by atoms with Crippen LogP contribution < -0.4 is 10.6 Å². The molecule has 4 nitrogen and oxygen atoms in total. The third-order valence-electron chi connectivity index (χ3n) is 3.87. The second-order valence-electron chi connectivity index (χ2n) is 5.46. The highest BCUT2D eigenvalue weighted by Crippen LogP contribution is 2.38. The molecule has 110 valence electrons. The molecule has 2 N–H and O–H groups in total. The second kappa shape index (κ2) is 6.00. The summed E-state index contributed by atoms with van der Waals surface area (Å²) < 4.78 is 0. The number of halogens is 1. The maximum absolute atomic E-state index is 6.03. The minimum atomic E-state index is 0.492. The first-order valence-electron chi connectivity index (χ1n) is 7.21. The van der Waals surface area contributed by atoms with Crippen molar-refractivity contribution in [3.63, 3.8) is 0 Å². The van der Waals surface area contributed by atoms with Gasteiger partial charge in [0, 0.05) is 23.8 Å². The minimum Gasteiger partial charge on any atom is -0.363 e. The van der Waals surface area contributed by atoms with Gasteiger partial charge < -0.3 is 10.6 Å². The molecule has 0 fully saturated rings. The van der Waals surface area contributed by atoms with Crippen molar-refractivity contribution in [2.75, 3.05) is 18.0 Å². The van der Waals surface area contributed by atoms with E-state index in [1.165, 1.54) is 11.3 Å². The molecule has 1 aromatic heterocycles. The number of rotatable bonds is 4. The number of hydrogen-bond donors (Lipinski definition) is 1. The van der Waals surface area contributed by atoms with Crippen LogP contribution in [0.25, 0.3) is 0 Å². The van der Waals surface area contributed by atoms with E-state index in [-0.39, 0.29) is 0 Å². The van der Waals surface area contributed by atoms with Gasteiger partial charge in [-0.25, -0.2) is 9.97 Å². The predicted molar refractivity (Wildman–Crippen MR) is 85.7 cm³/mol. The van der Waals surface area contributed by atoms with E-state index in [1.807, 2.05) is 6.92 Å². The number of nitrogens with two attached hydrogens (primary N) is 1. The summed E-state index contributed by atoms with van der Waals surface area (Å²) >= 11 is 6.03. The van der Waals surface area contributed by atoms with Gasteiger partial charge in [0.05, 0.1) is 6.54 Å². The molecule has 1 aliphatic rings. The SMILES string of the molecule is Cc1cc(Cl)nc(CN2CC(CCN)c3ccccc32)n1. The van der Waals surface area contributed by atoms with Gasteiger partial charge in [-0.3, -0.25) is 0 Å². The van der Waals surface area contributed by atoms with Crippen molar-refractivity contribution in [3.8, 4) is 0 Å². The van der Waals surface area contributed by atoms with Gasteiger partial charge in [-0.05, 0) is 37.6 Å². The number of aromatic nitrogens is 2. The summed E-state index contributed by atoms with van der Waals surface area (Å²) in [5, 5.41) is 0.503. The van der Waals surface area contributed by atoms with Crippen molar-refractivity contribution in [3.05, 3.63) is 52.6 Å². The van der Waals surface area contributed by atoms with Crippen molar-refractivity contribution >= 4 is 17.3 Å². The summed E-state index contributed by atoms with van der Waals surface area (Å²) in [7, 11) is 0. The Kier molecular flexibility index (Phi) is 4.08. The number of hydrogen-bond acceptors (Lipinski definition) is 4. The van der Waals surface area contributed by atoms with E-state index in [1.54, 1.807) is 6.07 Å². The van der Waals surface area contributed by atoms with Gasteiger partial charge in [-0.1, -0.05) is 29.8 Å². The van der Waals surface area contributed by atoms with E-state index in [0.29, 0.717) is 24.2 Å². The molecular weight excluding hydrogens is 284 g/mol. The zero-order valence-corrected chi connectivity index (χ0v) is 12.8. The molecule has 0 amide bonds. The molecule has 0 radical (unpaired) electrons. The quantitative estimate of drug-likeness (QED) is 0.882. The molecule has 1 aromatic carbocycles. The van der Waals surface area contributed by atoms with Crippen LogP contribution in [0, 0.1) is 6.92 Å². The number of anilines is 1. The fourth-order valence-electron chi connectivity index (χ4n) is 3.01. The van der Waals surface area contributed by atoms with Crippen LogP contribution in [-0.4, -0.2) is 23.1 Å². The van der Waals surface area contributed by atoms with E-state index >= 15 is 0 Å². The average molecular weight is 303 g/mol. The van der Waals surface area contributed by atoms with Crippen molar-refractivity contribution < 1.29 is 0 Å². The molecule has 1 atom stereocenters. The first-order chi connectivity index (χ1) is 10.2. The Labute approximate surface area is 130 Å². The summed E-state index contributed by atoms with van der Waals surface area (Å²) in [6, 6.07) is 10.3. The Hall–Kier alpha value is -1.65. The molecule has 0 bridgehead atoms.